The summed E-state index contributed by atoms with van der Waals surface area (Å²) in [6.45, 7) is 7.66. The van der Waals surface area contributed by atoms with Gasteiger partial charge in [-0.2, -0.15) is 0 Å². The largest absolute Gasteiger partial charge is 0.396 e. The molecule has 0 aromatic heterocycles. The Kier molecular flexibility index (Phi) is 2.94. The topological polar surface area (TPSA) is 32.3 Å². The van der Waals surface area contributed by atoms with Crippen LogP contribution in [0.5, 0.6) is 0 Å². The van der Waals surface area contributed by atoms with Crippen LogP contribution < -0.4 is 5.32 Å². The molecular weight excluding hydrogens is 198 g/mol. The van der Waals surface area contributed by atoms with Crippen molar-refractivity contribution in [1.82, 2.24) is 0 Å². The number of aliphatic hydroxyl groups is 1. The van der Waals surface area contributed by atoms with Crippen LogP contribution in [-0.2, 0) is 0 Å². The van der Waals surface area contributed by atoms with Crippen LogP contribution in [0.4, 0.5) is 5.69 Å². The van der Waals surface area contributed by atoms with E-state index in [1.807, 2.05) is 0 Å². The Morgan fingerprint density at radius 2 is 1.88 bits per heavy atom. The Morgan fingerprint density at radius 3 is 2.44 bits per heavy atom. The average molecular weight is 219 g/mol. The molecule has 0 atom stereocenters. The minimum atomic E-state index is 0.172. The average Bonchev–Trinajstić information content (AvgIpc) is 3.06. The van der Waals surface area contributed by atoms with Crippen molar-refractivity contribution in [3.8, 4) is 0 Å². The zero-order chi connectivity index (χ0) is 11.8. The van der Waals surface area contributed by atoms with Gasteiger partial charge in [-0.25, -0.2) is 0 Å². The second kappa shape index (κ2) is 4.10. The second-order valence-electron chi connectivity index (χ2n) is 5.19. The van der Waals surface area contributed by atoms with Gasteiger partial charge < -0.3 is 10.4 Å². The van der Waals surface area contributed by atoms with E-state index in [4.69, 9.17) is 0 Å². The van der Waals surface area contributed by atoms with Gasteiger partial charge in [0, 0.05) is 17.6 Å². The molecule has 0 bridgehead atoms. The van der Waals surface area contributed by atoms with Gasteiger partial charge >= 0.3 is 0 Å². The van der Waals surface area contributed by atoms with E-state index >= 15 is 0 Å². The maximum Gasteiger partial charge on any atom is 0.0504 e. The summed E-state index contributed by atoms with van der Waals surface area (Å²) < 4.78 is 0. The number of benzene rings is 1. The number of aliphatic hydroxyl groups excluding tert-OH is 1. The Bertz CT molecular complexity index is 394. The fourth-order valence-corrected chi connectivity index (χ4v) is 2.00. The number of hydrogen-bond acceptors (Lipinski definition) is 2. The van der Waals surface area contributed by atoms with E-state index < -0.39 is 0 Å². The fourth-order valence-electron chi connectivity index (χ4n) is 2.00. The van der Waals surface area contributed by atoms with Gasteiger partial charge in [0.05, 0.1) is 6.61 Å². The quantitative estimate of drug-likeness (QED) is 0.816. The fraction of sp³-hybridized carbons (Fsp3) is 0.571. The molecule has 2 heteroatoms. The van der Waals surface area contributed by atoms with Gasteiger partial charge in [0.1, 0.15) is 0 Å². The minimum absolute atomic E-state index is 0.172. The zero-order valence-corrected chi connectivity index (χ0v) is 10.4. The van der Waals surface area contributed by atoms with Gasteiger partial charge in [-0.3, -0.25) is 0 Å². The molecule has 2 N–H and O–H groups in total. The molecule has 1 aliphatic rings. The van der Waals surface area contributed by atoms with Crippen LogP contribution in [0.1, 0.15) is 29.5 Å². The van der Waals surface area contributed by atoms with Crippen molar-refractivity contribution in [2.24, 2.45) is 5.41 Å². The first-order chi connectivity index (χ1) is 7.58. The molecule has 1 aliphatic carbocycles. The molecule has 0 radical (unpaired) electrons. The third-order valence-electron chi connectivity index (χ3n) is 4.00. The molecule has 16 heavy (non-hydrogen) atoms. The number of aryl methyl sites for hydroxylation is 1. The van der Waals surface area contributed by atoms with Crippen molar-refractivity contribution < 1.29 is 5.11 Å². The monoisotopic (exact) mass is 219 g/mol. The van der Waals surface area contributed by atoms with Crippen LogP contribution in [0.15, 0.2) is 12.1 Å². The first-order valence-electron chi connectivity index (χ1n) is 5.99. The molecule has 2 nitrogen and oxygen atoms in total. The number of hydrogen-bond donors (Lipinski definition) is 2. The van der Waals surface area contributed by atoms with Crippen molar-refractivity contribution in [1.29, 1.82) is 0 Å². The van der Waals surface area contributed by atoms with E-state index in [9.17, 15) is 5.11 Å². The summed E-state index contributed by atoms with van der Waals surface area (Å²) in [5, 5.41) is 12.7. The zero-order valence-electron chi connectivity index (χ0n) is 10.4. The van der Waals surface area contributed by atoms with E-state index in [2.05, 4.69) is 38.2 Å². The highest BCUT2D eigenvalue weighted by molar-refractivity contribution is 5.56. The highest BCUT2D eigenvalue weighted by atomic mass is 16.3. The predicted octanol–water partition coefficient (Wildman–Crippen LogP) is 2.80. The summed E-state index contributed by atoms with van der Waals surface area (Å²) in [6, 6.07) is 4.30. The van der Waals surface area contributed by atoms with Crippen molar-refractivity contribution in [3.05, 3.63) is 28.8 Å². The molecule has 0 spiro atoms. The third-order valence-corrected chi connectivity index (χ3v) is 4.00. The number of rotatable bonds is 4. The smallest absolute Gasteiger partial charge is 0.0504 e. The molecule has 1 aromatic rings. The van der Waals surface area contributed by atoms with Gasteiger partial charge in [-0.15, -0.1) is 0 Å². The van der Waals surface area contributed by atoms with E-state index in [-0.39, 0.29) is 5.41 Å². The Labute approximate surface area is 97.7 Å². The first kappa shape index (κ1) is 11.5. The normalized spacial score (nSPS) is 17.2. The van der Waals surface area contributed by atoms with Crippen molar-refractivity contribution >= 4 is 5.69 Å². The minimum Gasteiger partial charge on any atom is -0.396 e. The lowest BCUT2D eigenvalue weighted by Gasteiger charge is -2.17. The molecular formula is C14H21NO. The SMILES string of the molecule is Cc1ccc(NCC2(CO)CC2)c(C)c1C. The molecule has 0 saturated heterocycles. The Balaban J connectivity index is 2.07. The highest BCUT2D eigenvalue weighted by Crippen LogP contribution is 2.45. The predicted molar refractivity (Wildman–Crippen MR) is 67.9 cm³/mol. The molecule has 1 aromatic carbocycles. The molecule has 0 unspecified atom stereocenters. The van der Waals surface area contributed by atoms with Crippen LogP contribution in [0, 0.1) is 26.2 Å². The molecule has 0 amide bonds. The molecule has 1 saturated carbocycles. The van der Waals surface area contributed by atoms with Crippen LogP contribution in [0.2, 0.25) is 0 Å². The standard InChI is InChI=1S/C14H21NO/c1-10-4-5-13(12(3)11(10)2)15-8-14(9-16)6-7-14/h4-5,15-16H,6-9H2,1-3H3. The van der Waals surface area contributed by atoms with Crippen molar-refractivity contribution in [3.63, 3.8) is 0 Å². The van der Waals surface area contributed by atoms with Gasteiger partial charge in [-0.05, 0) is 56.4 Å². The van der Waals surface area contributed by atoms with Crippen LogP contribution in [0.25, 0.3) is 0 Å². The van der Waals surface area contributed by atoms with E-state index in [1.165, 1.54) is 22.4 Å². The van der Waals surface area contributed by atoms with Crippen LogP contribution >= 0.6 is 0 Å². The van der Waals surface area contributed by atoms with E-state index in [0.717, 1.165) is 19.4 Å². The lowest BCUT2D eigenvalue weighted by molar-refractivity contribution is 0.220. The molecule has 2 rings (SSSR count). The summed E-state index contributed by atoms with van der Waals surface area (Å²) in [7, 11) is 0. The van der Waals surface area contributed by atoms with Gasteiger partial charge in [-0.1, -0.05) is 6.07 Å². The summed E-state index contributed by atoms with van der Waals surface area (Å²) in [5.41, 5.74) is 5.41. The van der Waals surface area contributed by atoms with E-state index in [1.54, 1.807) is 0 Å². The van der Waals surface area contributed by atoms with Crippen LogP contribution in [-0.4, -0.2) is 18.3 Å². The highest BCUT2D eigenvalue weighted by Gasteiger charge is 2.41. The maximum absolute atomic E-state index is 9.26. The second-order valence-corrected chi connectivity index (χ2v) is 5.19. The summed E-state index contributed by atoms with van der Waals surface area (Å²) in [5.74, 6) is 0. The first-order valence-corrected chi connectivity index (χ1v) is 5.99. The van der Waals surface area contributed by atoms with Crippen LogP contribution in [0.3, 0.4) is 0 Å². The number of anilines is 1. The summed E-state index contributed by atoms with van der Waals surface area (Å²) in [4.78, 5) is 0. The number of nitrogens with one attached hydrogen (secondary N) is 1. The van der Waals surface area contributed by atoms with Crippen molar-refractivity contribution in [2.45, 2.75) is 33.6 Å². The maximum atomic E-state index is 9.26. The summed E-state index contributed by atoms with van der Waals surface area (Å²) >= 11 is 0. The molecule has 0 aliphatic heterocycles. The third kappa shape index (κ3) is 2.07. The van der Waals surface area contributed by atoms with E-state index in [0.29, 0.717) is 6.61 Å². The van der Waals surface area contributed by atoms with Gasteiger partial charge in [0.15, 0.2) is 0 Å². The van der Waals surface area contributed by atoms with Gasteiger partial charge in [0.25, 0.3) is 0 Å². The van der Waals surface area contributed by atoms with Crippen molar-refractivity contribution in [2.75, 3.05) is 18.5 Å². The van der Waals surface area contributed by atoms with Gasteiger partial charge in [0.2, 0.25) is 0 Å². The lowest BCUT2D eigenvalue weighted by Crippen LogP contribution is -2.19. The molecule has 0 heterocycles. The molecule has 1 fully saturated rings. The summed E-state index contributed by atoms with van der Waals surface area (Å²) in [6.07, 6.45) is 2.31. The Hall–Kier alpha value is -1.02. The Morgan fingerprint density at radius 1 is 1.19 bits per heavy atom. The molecule has 88 valence electrons. The lowest BCUT2D eigenvalue weighted by atomic mass is 10.0.